The van der Waals surface area contributed by atoms with Crippen molar-refractivity contribution in [3.8, 4) is 16.9 Å². The normalized spacial score (nSPS) is 10.2. The Hall–Kier alpha value is -2.14. The van der Waals surface area contributed by atoms with Crippen LogP contribution in [-0.2, 0) is 9.53 Å². The van der Waals surface area contributed by atoms with E-state index >= 15 is 0 Å². The van der Waals surface area contributed by atoms with Gasteiger partial charge >= 0.3 is 5.97 Å². The molecule has 1 heterocycles. The number of carbonyl (C=O) groups excluding carboxylic acids is 2. The largest absolute Gasteiger partial charge is 0.497 e. The molecule has 0 amide bonds. The van der Waals surface area contributed by atoms with Crippen molar-refractivity contribution in [1.29, 1.82) is 0 Å². The first-order valence-electron chi connectivity index (χ1n) is 6.42. The van der Waals surface area contributed by atoms with Crippen molar-refractivity contribution in [2.45, 2.75) is 13.8 Å². The number of hydrogen-bond acceptors (Lipinski definition) is 5. The monoisotopic (exact) mass is 304 g/mol. The van der Waals surface area contributed by atoms with E-state index in [1.807, 2.05) is 31.2 Å². The van der Waals surface area contributed by atoms with Crippen molar-refractivity contribution >= 4 is 23.1 Å². The van der Waals surface area contributed by atoms with Crippen LogP contribution in [0.4, 0.5) is 0 Å². The lowest BCUT2D eigenvalue weighted by atomic mass is 10.1. The minimum absolute atomic E-state index is 0.174. The summed E-state index contributed by atoms with van der Waals surface area (Å²) in [5.74, 6) is 0.151. The first-order chi connectivity index (χ1) is 10.0. The van der Waals surface area contributed by atoms with Crippen molar-refractivity contribution in [2.24, 2.45) is 0 Å². The lowest BCUT2D eigenvalue weighted by molar-refractivity contribution is -0.120. The lowest BCUT2D eigenvalue weighted by Crippen LogP contribution is -2.10. The molecule has 1 aromatic carbocycles. The Morgan fingerprint density at radius 2 is 1.86 bits per heavy atom. The molecule has 0 unspecified atom stereocenters. The molecule has 0 radical (unpaired) electrons. The smallest absolute Gasteiger partial charge is 0.348 e. The number of benzene rings is 1. The van der Waals surface area contributed by atoms with Gasteiger partial charge in [-0.2, -0.15) is 0 Å². The van der Waals surface area contributed by atoms with Crippen LogP contribution in [0, 0.1) is 6.92 Å². The fourth-order valence-electron chi connectivity index (χ4n) is 1.88. The Morgan fingerprint density at radius 1 is 1.19 bits per heavy atom. The predicted molar refractivity (Wildman–Crippen MR) is 82.0 cm³/mol. The molecule has 0 saturated heterocycles. The van der Waals surface area contributed by atoms with Gasteiger partial charge in [0.2, 0.25) is 0 Å². The fourth-order valence-corrected chi connectivity index (χ4v) is 2.81. The summed E-state index contributed by atoms with van der Waals surface area (Å²) in [6, 6.07) is 9.43. The number of ketones is 1. The van der Waals surface area contributed by atoms with Crippen molar-refractivity contribution in [1.82, 2.24) is 0 Å². The molecule has 0 aliphatic carbocycles. The first kappa shape index (κ1) is 15.3. The number of carbonyl (C=O) groups is 2. The lowest BCUT2D eigenvalue weighted by Gasteiger charge is -2.02. The Balaban J connectivity index is 2.21. The maximum atomic E-state index is 11.9. The van der Waals surface area contributed by atoms with E-state index in [1.165, 1.54) is 18.3 Å². The van der Waals surface area contributed by atoms with Gasteiger partial charge in [-0.3, -0.25) is 4.79 Å². The number of Topliss-reactive ketones (excluding diaryl/α,β-unsaturated/α-hetero) is 1. The maximum Gasteiger partial charge on any atom is 0.348 e. The first-order valence-corrected chi connectivity index (χ1v) is 7.24. The van der Waals surface area contributed by atoms with E-state index in [2.05, 4.69) is 0 Å². The van der Waals surface area contributed by atoms with Crippen LogP contribution in [0.15, 0.2) is 30.3 Å². The van der Waals surface area contributed by atoms with E-state index in [4.69, 9.17) is 9.47 Å². The number of ether oxygens (including phenoxy) is 2. The van der Waals surface area contributed by atoms with Gasteiger partial charge in [-0.25, -0.2) is 4.79 Å². The number of methoxy groups -OCH3 is 1. The van der Waals surface area contributed by atoms with Crippen LogP contribution in [0.3, 0.4) is 0 Å². The summed E-state index contributed by atoms with van der Waals surface area (Å²) in [5, 5.41) is 0. The summed E-state index contributed by atoms with van der Waals surface area (Å²) < 4.78 is 10.1. The predicted octanol–water partition coefficient (Wildman–Crippen LogP) is 3.48. The Kier molecular flexibility index (Phi) is 4.75. The molecule has 0 atom stereocenters. The molecule has 0 N–H and O–H groups in total. The van der Waals surface area contributed by atoms with E-state index < -0.39 is 5.97 Å². The van der Waals surface area contributed by atoms with Gasteiger partial charge in [-0.15, -0.1) is 11.3 Å². The third kappa shape index (κ3) is 3.70. The fraction of sp³-hybridized carbons (Fsp3) is 0.250. The van der Waals surface area contributed by atoms with Gasteiger partial charge in [0, 0.05) is 4.88 Å². The molecule has 5 heteroatoms. The molecule has 2 rings (SSSR count). The standard InChI is InChI=1S/C16H16O4S/c1-10(17)9-20-16(18)15-8-14(11(2)21-15)12-4-6-13(19-3)7-5-12/h4-8H,9H2,1-3H3. The molecule has 0 spiro atoms. The third-order valence-corrected chi connectivity index (χ3v) is 3.96. The van der Waals surface area contributed by atoms with Crippen LogP contribution >= 0.6 is 11.3 Å². The molecule has 0 fully saturated rings. The Labute approximate surface area is 127 Å². The number of aryl methyl sites for hydroxylation is 1. The molecule has 1 aromatic heterocycles. The van der Waals surface area contributed by atoms with E-state index in [0.29, 0.717) is 4.88 Å². The van der Waals surface area contributed by atoms with Gasteiger partial charge in [0.05, 0.1) is 7.11 Å². The van der Waals surface area contributed by atoms with Crippen LogP contribution in [0.25, 0.3) is 11.1 Å². The zero-order valence-electron chi connectivity index (χ0n) is 12.1. The maximum absolute atomic E-state index is 11.9. The summed E-state index contributed by atoms with van der Waals surface area (Å²) in [6.07, 6.45) is 0. The zero-order chi connectivity index (χ0) is 15.4. The van der Waals surface area contributed by atoms with E-state index in [1.54, 1.807) is 13.2 Å². The minimum atomic E-state index is -0.460. The summed E-state index contributed by atoms with van der Waals surface area (Å²) in [4.78, 5) is 24.2. The second kappa shape index (κ2) is 6.54. The van der Waals surface area contributed by atoms with Crippen molar-refractivity contribution in [2.75, 3.05) is 13.7 Å². The van der Waals surface area contributed by atoms with Gasteiger partial charge < -0.3 is 9.47 Å². The molecule has 21 heavy (non-hydrogen) atoms. The second-order valence-corrected chi connectivity index (χ2v) is 5.84. The van der Waals surface area contributed by atoms with Crippen LogP contribution in [-0.4, -0.2) is 25.5 Å². The van der Waals surface area contributed by atoms with Crippen LogP contribution in [0.5, 0.6) is 5.75 Å². The second-order valence-electron chi connectivity index (χ2n) is 4.59. The van der Waals surface area contributed by atoms with Gasteiger partial charge in [0.15, 0.2) is 5.78 Å². The van der Waals surface area contributed by atoms with Crippen LogP contribution in [0.2, 0.25) is 0 Å². The SMILES string of the molecule is COc1ccc(-c2cc(C(=O)OCC(C)=O)sc2C)cc1. The van der Waals surface area contributed by atoms with E-state index in [-0.39, 0.29) is 12.4 Å². The molecule has 4 nitrogen and oxygen atoms in total. The quantitative estimate of drug-likeness (QED) is 0.794. The summed E-state index contributed by atoms with van der Waals surface area (Å²) in [7, 11) is 1.62. The van der Waals surface area contributed by atoms with Gasteiger partial charge in [-0.05, 0) is 43.2 Å². The Bertz CT molecular complexity index is 655. The van der Waals surface area contributed by atoms with Gasteiger partial charge in [0.25, 0.3) is 0 Å². The van der Waals surface area contributed by atoms with Crippen molar-refractivity contribution < 1.29 is 19.1 Å². The molecule has 0 aliphatic heterocycles. The third-order valence-electron chi connectivity index (χ3n) is 2.93. The molecule has 2 aromatic rings. The molecular formula is C16H16O4S. The topological polar surface area (TPSA) is 52.6 Å². The van der Waals surface area contributed by atoms with Crippen molar-refractivity contribution in [3.63, 3.8) is 0 Å². The van der Waals surface area contributed by atoms with Gasteiger partial charge in [-0.1, -0.05) is 12.1 Å². The highest BCUT2D eigenvalue weighted by Gasteiger charge is 2.15. The number of thiophene rings is 1. The molecule has 110 valence electrons. The van der Waals surface area contributed by atoms with Gasteiger partial charge in [0.1, 0.15) is 17.2 Å². The highest BCUT2D eigenvalue weighted by atomic mass is 32.1. The van der Waals surface area contributed by atoms with Crippen LogP contribution in [0.1, 0.15) is 21.5 Å². The Morgan fingerprint density at radius 3 is 2.43 bits per heavy atom. The number of hydrogen-bond donors (Lipinski definition) is 0. The van der Waals surface area contributed by atoms with E-state index in [9.17, 15) is 9.59 Å². The van der Waals surface area contributed by atoms with Crippen molar-refractivity contribution in [3.05, 3.63) is 40.1 Å². The molecule has 0 aliphatic rings. The highest BCUT2D eigenvalue weighted by molar-refractivity contribution is 7.14. The molecule has 0 bridgehead atoms. The average Bonchev–Trinajstić information content (AvgIpc) is 2.87. The minimum Gasteiger partial charge on any atom is -0.497 e. The number of rotatable bonds is 5. The molecular weight excluding hydrogens is 288 g/mol. The average molecular weight is 304 g/mol. The number of esters is 1. The summed E-state index contributed by atoms with van der Waals surface area (Å²) >= 11 is 1.36. The van der Waals surface area contributed by atoms with E-state index in [0.717, 1.165) is 21.8 Å². The zero-order valence-corrected chi connectivity index (χ0v) is 13.0. The summed E-state index contributed by atoms with van der Waals surface area (Å²) in [6.45, 7) is 3.15. The summed E-state index contributed by atoms with van der Waals surface area (Å²) in [5.41, 5.74) is 1.99. The molecule has 0 saturated carbocycles. The van der Waals surface area contributed by atoms with Crippen LogP contribution < -0.4 is 4.74 Å². The highest BCUT2D eigenvalue weighted by Crippen LogP contribution is 2.32.